The van der Waals surface area contributed by atoms with Crippen molar-refractivity contribution in [3.05, 3.63) is 70.9 Å². The average Bonchev–Trinajstić information content (AvgIpc) is 3.58. The van der Waals surface area contributed by atoms with Crippen molar-refractivity contribution in [2.75, 3.05) is 26.8 Å². The van der Waals surface area contributed by atoms with Crippen LogP contribution in [0.2, 0.25) is 0 Å². The van der Waals surface area contributed by atoms with Crippen molar-refractivity contribution in [3.8, 4) is 11.5 Å². The van der Waals surface area contributed by atoms with Crippen molar-refractivity contribution >= 4 is 22.7 Å². The summed E-state index contributed by atoms with van der Waals surface area (Å²) in [7, 11) is 1.49. The van der Waals surface area contributed by atoms with Gasteiger partial charge in [-0.05, 0) is 47.2 Å². The Bertz CT molecular complexity index is 1450. The number of benzene rings is 2. The van der Waals surface area contributed by atoms with Crippen LogP contribution in [0.3, 0.4) is 0 Å². The number of aliphatic hydroxyl groups is 3. The highest BCUT2D eigenvalue weighted by atomic mass is 16.5. The molecule has 2 aliphatic rings. The Morgan fingerprint density at radius 2 is 1.95 bits per heavy atom. The van der Waals surface area contributed by atoms with E-state index < -0.39 is 30.1 Å². The fourth-order valence-corrected chi connectivity index (χ4v) is 6.03. The number of hydrogen-bond donors (Lipinski definition) is 5. The van der Waals surface area contributed by atoms with Gasteiger partial charge in [-0.1, -0.05) is 32.0 Å². The third-order valence-electron chi connectivity index (χ3n) is 7.97. The molecule has 42 heavy (non-hydrogen) atoms. The molecule has 0 saturated heterocycles. The number of para-hydroxylation sites is 1. The van der Waals surface area contributed by atoms with E-state index in [4.69, 9.17) is 9.47 Å². The number of nitrogens with zero attached hydrogens (tertiary/aromatic N) is 1. The van der Waals surface area contributed by atoms with Gasteiger partial charge in [-0.2, -0.15) is 0 Å². The maximum absolute atomic E-state index is 13.7. The summed E-state index contributed by atoms with van der Waals surface area (Å²) in [5.41, 5.74) is 3.48. The second kappa shape index (κ2) is 12.6. The van der Waals surface area contributed by atoms with E-state index in [2.05, 4.69) is 16.4 Å². The van der Waals surface area contributed by atoms with E-state index in [0.717, 1.165) is 16.6 Å². The van der Waals surface area contributed by atoms with Gasteiger partial charge in [0.25, 0.3) is 0 Å². The Morgan fingerprint density at radius 3 is 2.64 bits per heavy atom. The Hall–Kier alpha value is -3.86. The van der Waals surface area contributed by atoms with E-state index in [-0.39, 0.29) is 38.0 Å². The molecule has 2 aromatic carbocycles. The highest BCUT2D eigenvalue weighted by Gasteiger charge is 2.51. The fraction of sp³-hybridized carbons (Fsp3) is 0.438. The van der Waals surface area contributed by atoms with Gasteiger partial charge in [0.15, 0.2) is 11.5 Å². The summed E-state index contributed by atoms with van der Waals surface area (Å²) in [4.78, 5) is 32.2. The number of ether oxygens (including phenoxy) is 2. The van der Waals surface area contributed by atoms with Crippen LogP contribution < -0.4 is 14.8 Å². The zero-order chi connectivity index (χ0) is 30.0. The number of aliphatic hydroxyl groups excluding tert-OH is 3. The molecule has 1 aromatic heterocycles. The van der Waals surface area contributed by atoms with Crippen LogP contribution in [-0.4, -0.2) is 82.1 Å². The molecule has 0 bridgehead atoms. The number of fused-ring (bicyclic) bond motifs is 4. The minimum atomic E-state index is -1.15. The predicted molar refractivity (Wildman–Crippen MR) is 157 cm³/mol. The molecule has 2 amide bonds. The quantitative estimate of drug-likeness (QED) is 0.235. The Morgan fingerprint density at radius 1 is 1.17 bits per heavy atom. The molecule has 0 spiro atoms. The lowest BCUT2D eigenvalue weighted by Gasteiger charge is -2.41. The lowest BCUT2D eigenvalue weighted by Crippen LogP contribution is -2.56. The molecule has 0 radical (unpaired) electrons. The molecular formula is C32H39N3O7. The molecule has 4 atom stereocenters. The van der Waals surface area contributed by atoms with Crippen molar-refractivity contribution < 1.29 is 34.4 Å². The van der Waals surface area contributed by atoms with Crippen LogP contribution in [-0.2, 0) is 22.6 Å². The number of methoxy groups -OCH3 is 1. The van der Waals surface area contributed by atoms with E-state index >= 15 is 0 Å². The summed E-state index contributed by atoms with van der Waals surface area (Å²) >= 11 is 0. The molecular weight excluding hydrogens is 538 g/mol. The number of carbonyl (C=O) groups excluding carboxylic acids is 2. The lowest BCUT2D eigenvalue weighted by molar-refractivity contribution is -0.137. The number of aromatic nitrogens is 1. The van der Waals surface area contributed by atoms with E-state index in [1.807, 2.05) is 38.1 Å². The predicted octanol–water partition coefficient (Wildman–Crippen LogP) is 2.41. The zero-order valence-electron chi connectivity index (χ0n) is 24.2. The molecule has 10 heteroatoms. The largest absolute Gasteiger partial charge is 0.493 e. The van der Waals surface area contributed by atoms with Crippen LogP contribution in [0.5, 0.6) is 11.5 Å². The Labute approximate surface area is 244 Å². The van der Waals surface area contributed by atoms with E-state index in [0.29, 0.717) is 41.2 Å². The van der Waals surface area contributed by atoms with E-state index in [9.17, 15) is 24.9 Å². The summed E-state index contributed by atoms with van der Waals surface area (Å²) in [5, 5.41) is 34.8. The summed E-state index contributed by atoms with van der Waals surface area (Å²) < 4.78 is 11.8. The first-order chi connectivity index (χ1) is 20.2. The number of rotatable bonds is 11. The van der Waals surface area contributed by atoms with Gasteiger partial charge in [0.2, 0.25) is 11.8 Å². The fourth-order valence-electron chi connectivity index (χ4n) is 6.03. The molecule has 0 fully saturated rings. The van der Waals surface area contributed by atoms with Gasteiger partial charge in [-0.15, -0.1) is 0 Å². The van der Waals surface area contributed by atoms with E-state index in [1.54, 1.807) is 23.1 Å². The van der Waals surface area contributed by atoms with Gasteiger partial charge in [0, 0.05) is 48.3 Å². The first-order valence-electron chi connectivity index (χ1n) is 14.4. The minimum absolute atomic E-state index is 0.0465. The Balaban J connectivity index is 1.54. The molecule has 1 aliphatic carbocycles. The second-order valence-electron chi connectivity index (χ2n) is 11.3. The summed E-state index contributed by atoms with van der Waals surface area (Å²) in [6, 6.07) is 12.6. The van der Waals surface area contributed by atoms with Gasteiger partial charge in [0.1, 0.15) is 12.2 Å². The summed E-state index contributed by atoms with van der Waals surface area (Å²) in [6.07, 6.45) is 0.426. The average molecular weight is 578 g/mol. The van der Waals surface area contributed by atoms with Crippen LogP contribution >= 0.6 is 0 Å². The summed E-state index contributed by atoms with van der Waals surface area (Å²) in [6.45, 7) is 3.81. The van der Waals surface area contributed by atoms with Crippen molar-refractivity contribution in [2.45, 2.75) is 57.5 Å². The molecule has 1 aliphatic heterocycles. The van der Waals surface area contributed by atoms with Crippen LogP contribution in [0.25, 0.3) is 10.9 Å². The van der Waals surface area contributed by atoms with Crippen molar-refractivity contribution in [1.29, 1.82) is 0 Å². The number of nitrogens with one attached hydrogen (secondary N) is 2. The molecule has 224 valence electrons. The SMILES string of the molecule is COc1cc(CO)cc2c1OC1C2C(C(=O)NCCO)=CC(N(CCc2cc3ccccc3[nH]2)C(=O)CC(C)C)C1O. The first kappa shape index (κ1) is 29.6. The number of amides is 2. The second-order valence-corrected chi connectivity index (χ2v) is 11.3. The number of H-pyrrole nitrogens is 1. The molecule has 4 unspecified atom stereocenters. The lowest BCUT2D eigenvalue weighted by atomic mass is 9.77. The molecule has 5 rings (SSSR count). The van der Waals surface area contributed by atoms with Crippen LogP contribution in [0, 0.1) is 5.92 Å². The van der Waals surface area contributed by atoms with Gasteiger partial charge in [-0.25, -0.2) is 0 Å². The first-order valence-corrected chi connectivity index (χ1v) is 14.4. The minimum Gasteiger partial charge on any atom is -0.493 e. The van der Waals surface area contributed by atoms with Crippen molar-refractivity contribution in [3.63, 3.8) is 0 Å². The normalized spacial score (nSPS) is 21.0. The monoisotopic (exact) mass is 577 g/mol. The third kappa shape index (κ3) is 5.74. The van der Waals surface area contributed by atoms with Gasteiger partial charge in [-0.3, -0.25) is 9.59 Å². The van der Waals surface area contributed by atoms with Gasteiger partial charge < -0.3 is 40.0 Å². The Kier molecular flexibility index (Phi) is 8.86. The maximum atomic E-state index is 13.7. The van der Waals surface area contributed by atoms with Gasteiger partial charge >= 0.3 is 0 Å². The highest BCUT2D eigenvalue weighted by molar-refractivity contribution is 5.96. The van der Waals surface area contributed by atoms with E-state index in [1.165, 1.54) is 7.11 Å². The van der Waals surface area contributed by atoms with Crippen LogP contribution in [0.15, 0.2) is 54.1 Å². The molecule has 10 nitrogen and oxygen atoms in total. The molecule has 5 N–H and O–H groups in total. The number of aromatic amines is 1. The summed E-state index contributed by atoms with van der Waals surface area (Å²) in [5.74, 6) is -0.356. The van der Waals surface area contributed by atoms with Crippen LogP contribution in [0.1, 0.15) is 43.0 Å². The molecule has 0 saturated carbocycles. The zero-order valence-corrected chi connectivity index (χ0v) is 24.2. The maximum Gasteiger partial charge on any atom is 0.247 e. The van der Waals surface area contributed by atoms with Crippen LogP contribution in [0.4, 0.5) is 0 Å². The number of hydrogen-bond acceptors (Lipinski definition) is 7. The molecule has 3 aromatic rings. The smallest absolute Gasteiger partial charge is 0.247 e. The van der Waals surface area contributed by atoms with Crippen molar-refractivity contribution in [2.24, 2.45) is 5.92 Å². The topological polar surface area (TPSA) is 144 Å². The number of carbonyl (C=O) groups is 2. The van der Waals surface area contributed by atoms with Gasteiger partial charge in [0.05, 0.1) is 32.3 Å². The molecule has 2 heterocycles. The highest BCUT2D eigenvalue weighted by Crippen LogP contribution is 2.51. The standard InChI is InChI=1S/C32H39N3O7/c1-18(2)12-27(38)35(10-8-21-15-20-6-4-5-7-24(20)34-21)25-16-23(32(40)33-9-11-36)28-22-13-19(17-37)14-26(41-3)30(22)42-31(28)29(25)39/h4-7,13-16,18,25,28-29,31,34,36-37,39H,8-12,17H2,1-3H3,(H,33,40). The third-order valence-corrected chi connectivity index (χ3v) is 7.97. The van der Waals surface area contributed by atoms with Crippen molar-refractivity contribution in [1.82, 2.24) is 15.2 Å².